The zero-order chi connectivity index (χ0) is 16.9. The first-order valence-corrected chi connectivity index (χ1v) is 8.03. The molecular weight excluding hydrogens is 328 g/mol. The molecule has 1 aliphatic heterocycles. The highest BCUT2D eigenvalue weighted by Crippen LogP contribution is 2.21. The summed E-state index contributed by atoms with van der Waals surface area (Å²) in [6.45, 7) is 0.368. The van der Waals surface area contributed by atoms with Crippen molar-refractivity contribution in [2.24, 2.45) is 0 Å². The molecule has 6 heteroatoms. The van der Waals surface area contributed by atoms with Crippen LogP contribution in [0.1, 0.15) is 6.42 Å². The van der Waals surface area contributed by atoms with E-state index >= 15 is 0 Å². The molecule has 2 aromatic rings. The second-order valence-corrected chi connectivity index (χ2v) is 5.99. The summed E-state index contributed by atoms with van der Waals surface area (Å²) in [6.07, 6.45) is 0.293. The molecule has 1 atom stereocenters. The van der Waals surface area contributed by atoms with Crippen molar-refractivity contribution >= 4 is 29.1 Å². The van der Waals surface area contributed by atoms with Crippen molar-refractivity contribution in [3.63, 3.8) is 0 Å². The zero-order valence-electron chi connectivity index (χ0n) is 12.9. The highest BCUT2D eigenvalue weighted by Gasteiger charge is 2.31. The predicted molar refractivity (Wildman–Crippen MR) is 92.3 cm³/mol. The lowest BCUT2D eigenvalue weighted by atomic mass is 10.2. The molecule has 1 N–H and O–H groups in total. The Labute approximate surface area is 145 Å². The molecule has 1 aliphatic rings. The number of rotatable bonds is 5. The van der Waals surface area contributed by atoms with Crippen LogP contribution in [0, 0.1) is 0 Å². The number of hydrogen-bond acceptors (Lipinski definition) is 3. The van der Waals surface area contributed by atoms with Crippen LogP contribution in [0.15, 0.2) is 54.6 Å². The van der Waals surface area contributed by atoms with Crippen LogP contribution >= 0.6 is 11.6 Å². The average molecular weight is 345 g/mol. The van der Waals surface area contributed by atoms with E-state index < -0.39 is 0 Å². The number of anilines is 1. The van der Waals surface area contributed by atoms with Crippen molar-refractivity contribution in [1.29, 1.82) is 0 Å². The first-order chi connectivity index (χ1) is 11.6. The van der Waals surface area contributed by atoms with Gasteiger partial charge in [0.1, 0.15) is 5.75 Å². The number of nitrogens with zero attached hydrogens (tertiary/aromatic N) is 1. The van der Waals surface area contributed by atoms with Crippen LogP contribution in [0.3, 0.4) is 0 Å². The number of carbonyl (C=O) groups is 2. The summed E-state index contributed by atoms with van der Waals surface area (Å²) in [5, 5.41) is 3.45. The molecule has 124 valence electrons. The first-order valence-electron chi connectivity index (χ1n) is 7.65. The lowest BCUT2D eigenvalue weighted by molar-refractivity contribution is -0.123. The van der Waals surface area contributed by atoms with Crippen LogP contribution in [0.25, 0.3) is 0 Å². The minimum absolute atomic E-state index is 0.00474. The van der Waals surface area contributed by atoms with Crippen LogP contribution in [0.5, 0.6) is 5.75 Å². The molecule has 1 fully saturated rings. The molecule has 1 heterocycles. The van der Waals surface area contributed by atoms with E-state index in [0.717, 1.165) is 5.69 Å². The number of amides is 2. The smallest absolute Gasteiger partial charge is 0.258 e. The second-order valence-electron chi connectivity index (χ2n) is 5.55. The van der Waals surface area contributed by atoms with Gasteiger partial charge in [0.25, 0.3) is 5.91 Å². The van der Waals surface area contributed by atoms with Crippen molar-refractivity contribution in [1.82, 2.24) is 5.32 Å². The summed E-state index contributed by atoms with van der Waals surface area (Å²) in [6, 6.07) is 16.0. The number of nitrogens with one attached hydrogen (secondary N) is 1. The third-order valence-electron chi connectivity index (χ3n) is 3.74. The van der Waals surface area contributed by atoms with E-state index in [2.05, 4.69) is 5.32 Å². The van der Waals surface area contributed by atoms with Crippen molar-refractivity contribution in [2.75, 3.05) is 18.1 Å². The van der Waals surface area contributed by atoms with Crippen LogP contribution in [-0.4, -0.2) is 31.0 Å². The van der Waals surface area contributed by atoms with Crippen molar-refractivity contribution in [2.45, 2.75) is 12.5 Å². The minimum atomic E-state index is -0.252. The fourth-order valence-electron chi connectivity index (χ4n) is 2.61. The van der Waals surface area contributed by atoms with Gasteiger partial charge in [-0.1, -0.05) is 29.8 Å². The average Bonchev–Trinajstić information content (AvgIpc) is 2.95. The number of ether oxygens (including phenoxy) is 1. The number of benzene rings is 2. The van der Waals surface area contributed by atoms with Crippen LogP contribution < -0.4 is 15.0 Å². The molecule has 0 radical (unpaired) electrons. The minimum Gasteiger partial charge on any atom is -0.484 e. The Bertz CT molecular complexity index is 719. The Morgan fingerprint density at radius 1 is 1.17 bits per heavy atom. The van der Waals surface area contributed by atoms with E-state index in [0.29, 0.717) is 23.7 Å². The number of para-hydroxylation sites is 1. The van der Waals surface area contributed by atoms with E-state index in [9.17, 15) is 9.59 Å². The van der Waals surface area contributed by atoms with Gasteiger partial charge in [-0.15, -0.1) is 0 Å². The summed E-state index contributed by atoms with van der Waals surface area (Å²) in [5.74, 6) is 0.325. The van der Waals surface area contributed by atoms with Gasteiger partial charge < -0.3 is 15.0 Å². The number of hydrogen-bond donors (Lipinski definition) is 1. The van der Waals surface area contributed by atoms with Crippen molar-refractivity contribution < 1.29 is 14.3 Å². The van der Waals surface area contributed by atoms with Crippen LogP contribution in [-0.2, 0) is 9.59 Å². The topological polar surface area (TPSA) is 58.6 Å². The molecule has 0 saturated carbocycles. The van der Waals surface area contributed by atoms with Gasteiger partial charge in [-0.2, -0.15) is 0 Å². The zero-order valence-corrected chi connectivity index (χ0v) is 13.7. The molecule has 0 unspecified atom stereocenters. The van der Waals surface area contributed by atoms with Gasteiger partial charge in [-0.05, 0) is 36.4 Å². The number of carbonyl (C=O) groups excluding carboxylic acids is 2. The summed E-state index contributed by atoms with van der Waals surface area (Å²) in [7, 11) is 0. The highest BCUT2D eigenvalue weighted by atomic mass is 35.5. The molecule has 0 aliphatic carbocycles. The highest BCUT2D eigenvalue weighted by molar-refractivity contribution is 6.30. The molecule has 0 aromatic heterocycles. The largest absolute Gasteiger partial charge is 0.484 e. The standard InChI is InChI=1S/C18H17ClN2O3/c19-13-6-8-16(9-7-13)24-12-17(22)20-14-10-18(23)21(11-14)15-4-2-1-3-5-15/h1-9,14H,10-12H2,(H,20,22)/t14-/m0/s1. The SMILES string of the molecule is O=C(COc1ccc(Cl)cc1)N[C@H]1CC(=O)N(c2ccccc2)C1. The molecule has 0 bridgehead atoms. The maximum absolute atomic E-state index is 12.1. The third kappa shape index (κ3) is 4.06. The maximum Gasteiger partial charge on any atom is 0.258 e. The third-order valence-corrected chi connectivity index (χ3v) is 3.99. The van der Waals surface area contributed by atoms with Crippen molar-refractivity contribution in [3.05, 3.63) is 59.6 Å². The van der Waals surface area contributed by atoms with E-state index in [1.807, 2.05) is 30.3 Å². The molecule has 1 saturated heterocycles. The molecule has 3 rings (SSSR count). The van der Waals surface area contributed by atoms with Crippen molar-refractivity contribution in [3.8, 4) is 5.75 Å². The van der Waals surface area contributed by atoms with Gasteiger partial charge >= 0.3 is 0 Å². The van der Waals surface area contributed by atoms with Crippen LogP contribution in [0.4, 0.5) is 5.69 Å². The van der Waals surface area contributed by atoms with Gasteiger partial charge in [-0.25, -0.2) is 0 Å². The van der Waals surface area contributed by atoms with E-state index in [4.69, 9.17) is 16.3 Å². The van der Waals surface area contributed by atoms with Gasteiger partial charge in [0.05, 0.1) is 6.04 Å². The van der Waals surface area contributed by atoms with E-state index in [-0.39, 0.29) is 24.5 Å². The summed E-state index contributed by atoms with van der Waals surface area (Å²) >= 11 is 5.79. The van der Waals surface area contributed by atoms with Gasteiger partial charge in [0, 0.05) is 23.7 Å². The molecule has 5 nitrogen and oxygen atoms in total. The van der Waals surface area contributed by atoms with Gasteiger partial charge in [0.2, 0.25) is 5.91 Å². The van der Waals surface area contributed by atoms with E-state index in [1.165, 1.54) is 0 Å². The lowest BCUT2D eigenvalue weighted by Gasteiger charge is -2.17. The summed E-state index contributed by atoms with van der Waals surface area (Å²) < 4.78 is 5.40. The Morgan fingerprint density at radius 3 is 2.58 bits per heavy atom. The fourth-order valence-corrected chi connectivity index (χ4v) is 2.74. The molecule has 2 amide bonds. The Morgan fingerprint density at radius 2 is 1.88 bits per heavy atom. The molecule has 2 aromatic carbocycles. The van der Waals surface area contributed by atoms with E-state index in [1.54, 1.807) is 29.2 Å². The monoisotopic (exact) mass is 344 g/mol. The molecular formula is C18H17ClN2O3. The fraction of sp³-hybridized carbons (Fsp3) is 0.222. The lowest BCUT2D eigenvalue weighted by Crippen LogP contribution is -2.39. The van der Waals surface area contributed by atoms with Gasteiger partial charge in [0.15, 0.2) is 6.61 Å². The number of halogens is 1. The Balaban J connectivity index is 1.50. The Kier molecular flexibility index (Phi) is 5.01. The molecule has 0 spiro atoms. The second kappa shape index (κ2) is 7.36. The summed E-state index contributed by atoms with van der Waals surface area (Å²) in [4.78, 5) is 25.8. The first kappa shape index (κ1) is 16.3. The molecule has 24 heavy (non-hydrogen) atoms. The predicted octanol–water partition coefficient (Wildman–Crippen LogP) is 2.64. The normalized spacial score (nSPS) is 17.0. The Hall–Kier alpha value is -2.53. The quantitative estimate of drug-likeness (QED) is 0.907. The maximum atomic E-state index is 12.1. The summed E-state index contributed by atoms with van der Waals surface area (Å²) in [5.41, 5.74) is 0.844. The van der Waals surface area contributed by atoms with Gasteiger partial charge in [-0.3, -0.25) is 9.59 Å². The van der Waals surface area contributed by atoms with Crippen LogP contribution in [0.2, 0.25) is 5.02 Å².